The van der Waals surface area contributed by atoms with Gasteiger partial charge in [-0.25, -0.2) is 4.39 Å². The van der Waals surface area contributed by atoms with Crippen molar-refractivity contribution in [3.8, 4) is 0 Å². The van der Waals surface area contributed by atoms with Crippen molar-refractivity contribution in [2.75, 3.05) is 6.54 Å². The minimum absolute atomic E-state index is 0.0428. The van der Waals surface area contributed by atoms with Crippen molar-refractivity contribution < 1.29 is 9.50 Å². The van der Waals surface area contributed by atoms with Crippen LogP contribution in [0.1, 0.15) is 45.2 Å². The third-order valence-corrected chi connectivity index (χ3v) is 3.36. The predicted molar refractivity (Wildman–Crippen MR) is 82.0 cm³/mol. The van der Waals surface area contributed by atoms with Crippen LogP contribution in [0.15, 0.2) is 36.9 Å². The van der Waals surface area contributed by atoms with E-state index in [4.69, 9.17) is 0 Å². The molecule has 2 atom stereocenters. The fourth-order valence-corrected chi connectivity index (χ4v) is 2.52. The number of hydrogen-bond acceptors (Lipinski definition) is 2. The molecule has 0 spiro atoms. The molecule has 2 N–H and O–H groups in total. The van der Waals surface area contributed by atoms with E-state index in [1.807, 2.05) is 6.07 Å². The van der Waals surface area contributed by atoms with Gasteiger partial charge in [0.1, 0.15) is 5.82 Å². The first-order valence-electron chi connectivity index (χ1n) is 7.12. The molecule has 0 aromatic heterocycles. The minimum Gasteiger partial charge on any atom is -0.393 e. The first-order chi connectivity index (χ1) is 9.35. The van der Waals surface area contributed by atoms with Crippen LogP contribution in [0, 0.1) is 11.2 Å². The van der Waals surface area contributed by atoms with Gasteiger partial charge in [-0.3, -0.25) is 0 Å². The lowest BCUT2D eigenvalue weighted by molar-refractivity contribution is 0.126. The standard InChI is InChI=1S/C17H26FNO/c1-5-8-16(14-9-6-7-10-15(14)18)19-12-17(3,4)11-13(2)20/h5-7,9-10,13,16,19-20H,1,8,11-12H2,2-4H3. The van der Waals surface area contributed by atoms with Crippen LogP contribution >= 0.6 is 0 Å². The molecule has 0 fully saturated rings. The summed E-state index contributed by atoms with van der Waals surface area (Å²) in [7, 11) is 0. The Labute approximate surface area is 121 Å². The van der Waals surface area contributed by atoms with Gasteiger partial charge in [0, 0.05) is 18.2 Å². The lowest BCUT2D eigenvalue weighted by atomic mass is 9.86. The van der Waals surface area contributed by atoms with Crippen LogP contribution in [-0.4, -0.2) is 17.8 Å². The number of aliphatic hydroxyl groups excluding tert-OH is 1. The summed E-state index contributed by atoms with van der Waals surface area (Å²) in [4.78, 5) is 0. The first-order valence-corrected chi connectivity index (χ1v) is 7.12. The Morgan fingerprint density at radius 1 is 1.40 bits per heavy atom. The highest BCUT2D eigenvalue weighted by atomic mass is 19.1. The molecule has 0 saturated carbocycles. The van der Waals surface area contributed by atoms with Crippen molar-refractivity contribution >= 4 is 0 Å². The Kier molecular flexibility index (Phi) is 6.37. The van der Waals surface area contributed by atoms with Crippen molar-refractivity contribution in [1.29, 1.82) is 0 Å². The molecule has 3 heteroatoms. The molecule has 112 valence electrons. The van der Waals surface area contributed by atoms with E-state index in [1.165, 1.54) is 6.07 Å². The van der Waals surface area contributed by atoms with Crippen molar-refractivity contribution in [3.05, 3.63) is 48.3 Å². The Morgan fingerprint density at radius 3 is 2.60 bits per heavy atom. The number of aliphatic hydroxyl groups is 1. The van der Waals surface area contributed by atoms with E-state index in [2.05, 4.69) is 25.7 Å². The number of hydrogen-bond donors (Lipinski definition) is 2. The van der Waals surface area contributed by atoms with Gasteiger partial charge in [-0.1, -0.05) is 38.1 Å². The van der Waals surface area contributed by atoms with Crippen molar-refractivity contribution in [2.45, 2.75) is 45.8 Å². The normalized spacial score (nSPS) is 14.8. The third kappa shape index (κ3) is 5.43. The van der Waals surface area contributed by atoms with Gasteiger partial charge in [0.2, 0.25) is 0 Å². The molecule has 0 aliphatic rings. The van der Waals surface area contributed by atoms with Crippen LogP contribution in [0.25, 0.3) is 0 Å². The predicted octanol–water partition coefficient (Wildman–Crippen LogP) is 3.83. The smallest absolute Gasteiger partial charge is 0.127 e. The molecule has 1 aromatic carbocycles. The van der Waals surface area contributed by atoms with Gasteiger partial charge in [-0.15, -0.1) is 6.58 Å². The zero-order chi connectivity index (χ0) is 15.2. The molecular weight excluding hydrogens is 253 g/mol. The van der Waals surface area contributed by atoms with E-state index in [9.17, 15) is 9.50 Å². The molecule has 0 aliphatic carbocycles. The van der Waals surface area contributed by atoms with E-state index in [1.54, 1.807) is 25.1 Å². The van der Waals surface area contributed by atoms with Crippen LogP contribution < -0.4 is 5.32 Å². The molecule has 2 unspecified atom stereocenters. The zero-order valence-electron chi connectivity index (χ0n) is 12.7. The molecule has 0 saturated heterocycles. The maximum atomic E-state index is 13.9. The molecular formula is C17H26FNO. The van der Waals surface area contributed by atoms with E-state index in [0.29, 0.717) is 24.9 Å². The van der Waals surface area contributed by atoms with E-state index in [-0.39, 0.29) is 23.4 Å². The lowest BCUT2D eigenvalue weighted by Gasteiger charge is -2.29. The number of rotatable bonds is 8. The summed E-state index contributed by atoms with van der Waals surface area (Å²) >= 11 is 0. The third-order valence-electron chi connectivity index (χ3n) is 3.36. The fourth-order valence-electron chi connectivity index (χ4n) is 2.52. The Bertz CT molecular complexity index is 429. The Hall–Kier alpha value is -1.19. The molecule has 1 aromatic rings. The van der Waals surface area contributed by atoms with E-state index < -0.39 is 0 Å². The van der Waals surface area contributed by atoms with Crippen molar-refractivity contribution in [1.82, 2.24) is 5.32 Å². The maximum absolute atomic E-state index is 13.9. The first kappa shape index (κ1) is 16.9. The van der Waals surface area contributed by atoms with Crippen molar-refractivity contribution in [2.24, 2.45) is 5.41 Å². The van der Waals surface area contributed by atoms with Gasteiger partial charge in [-0.2, -0.15) is 0 Å². The van der Waals surface area contributed by atoms with Gasteiger partial charge in [0.25, 0.3) is 0 Å². The second-order valence-corrected chi connectivity index (χ2v) is 6.20. The Morgan fingerprint density at radius 2 is 2.05 bits per heavy atom. The molecule has 0 aliphatic heterocycles. The topological polar surface area (TPSA) is 32.3 Å². The summed E-state index contributed by atoms with van der Waals surface area (Å²) < 4.78 is 13.9. The zero-order valence-corrected chi connectivity index (χ0v) is 12.7. The highest BCUT2D eigenvalue weighted by Crippen LogP contribution is 2.25. The monoisotopic (exact) mass is 279 g/mol. The highest BCUT2D eigenvalue weighted by Gasteiger charge is 2.22. The number of benzene rings is 1. The summed E-state index contributed by atoms with van der Waals surface area (Å²) in [5.74, 6) is -0.194. The quantitative estimate of drug-likeness (QED) is 0.709. The van der Waals surface area contributed by atoms with Gasteiger partial charge >= 0.3 is 0 Å². The fraction of sp³-hybridized carbons (Fsp3) is 0.529. The van der Waals surface area contributed by atoms with Crippen LogP contribution in [0.4, 0.5) is 4.39 Å². The number of nitrogens with one attached hydrogen (secondary N) is 1. The summed E-state index contributed by atoms with van der Waals surface area (Å²) in [6.45, 7) is 10.4. The molecule has 1 rings (SSSR count). The lowest BCUT2D eigenvalue weighted by Crippen LogP contribution is -2.34. The highest BCUT2D eigenvalue weighted by molar-refractivity contribution is 5.21. The van der Waals surface area contributed by atoms with E-state index >= 15 is 0 Å². The van der Waals surface area contributed by atoms with Gasteiger partial charge in [0.05, 0.1) is 6.10 Å². The average molecular weight is 279 g/mol. The SMILES string of the molecule is C=CCC(NCC(C)(C)CC(C)O)c1ccccc1F. The number of halogens is 1. The summed E-state index contributed by atoms with van der Waals surface area (Å²) in [6.07, 6.45) is 2.84. The second-order valence-electron chi connectivity index (χ2n) is 6.20. The van der Waals surface area contributed by atoms with Crippen LogP contribution in [0.3, 0.4) is 0 Å². The second kappa shape index (κ2) is 7.55. The Balaban J connectivity index is 2.74. The largest absolute Gasteiger partial charge is 0.393 e. The van der Waals surface area contributed by atoms with E-state index in [0.717, 1.165) is 0 Å². The van der Waals surface area contributed by atoms with Crippen molar-refractivity contribution in [3.63, 3.8) is 0 Å². The molecule has 20 heavy (non-hydrogen) atoms. The van der Waals surface area contributed by atoms with Gasteiger partial charge in [0.15, 0.2) is 0 Å². The summed E-state index contributed by atoms with van der Waals surface area (Å²) in [5, 5.41) is 12.9. The van der Waals surface area contributed by atoms with Gasteiger partial charge < -0.3 is 10.4 Å². The van der Waals surface area contributed by atoms with Crippen LogP contribution in [0.5, 0.6) is 0 Å². The molecule has 0 bridgehead atoms. The molecule has 0 heterocycles. The molecule has 2 nitrogen and oxygen atoms in total. The minimum atomic E-state index is -0.335. The molecule has 0 radical (unpaired) electrons. The maximum Gasteiger partial charge on any atom is 0.127 e. The van der Waals surface area contributed by atoms with Crippen LogP contribution in [0.2, 0.25) is 0 Å². The average Bonchev–Trinajstić information content (AvgIpc) is 2.34. The van der Waals surface area contributed by atoms with Crippen LogP contribution in [-0.2, 0) is 0 Å². The summed E-state index contributed by atoms with van der Waals surface area (Å²) in [6, 6.07) is 6.74. The molecule has 0 amide bonds. The summed E-state index contributed by atoms with van der Waals surface area (Å²) in [5.41, 5.74) is 0.624. The van der Waals surface area contributed by atoms with Gasteiger partial charge in [-0.05, 0) is 31.2 Å².